The average molecular weight is 397 g/mol. The Hall–Kier alpha value is -3.26. The van der Waals surface area contributed by atoms with Crippen LogP contribution in [0.1, 0.15) is 25.0 Å². The molecule has 0 spiro atoms. The van der Waals surface area contributed by atoms with Crippen LogP contribution in [0, 0.1) is 0 Å². The standard InChI is InChI=1S/C19H17ClN6O2/c1-2-5-15-22-19(28-25-15)12-8-9-16-23-24-17(26(16)11-12)10-18(27)21-14-7-4-3-6-13(14)20/h3-4,6-9,11H,2,5,10H2,1H3,(H,21,27). The predicted molar refractivity (Wildman–Crippen MR) is 104 cm³/mol. The Morgan fingerprint density at radius 3 is 2.89 bits per heavy atom. The number of nitrogens with zero attached hydrogens (tertiary/aromatic N) is 5. The molecule has 0 aliphatic carbocycles. The molecule has 142 valence electrons. The van der Waals surface area contributed by atoms with Crippen LogP contribution in [0.25, 0.3) is 17.1 Å². The molecule has 0 radical (unpaired) electrons. The fourth-order valence-corrected chi connectivity index (χ4v) is 2.97. The van der Waals surface area contributed by atoms with Gasteiger partial charge in [0.15, 0.2) is 11.5 Å². The molecule has 3 aromatic heterocycles. The normalized spacial score (nSPS) is 11.1. The molecule has 28 heavy (non-hydrogen) atoms. The van der Waals surface area contributed by atoms with Crippen LogP contribution in [-0.2, 0) is 17.6 Å². The van der Waals surface area contributed by atoms with Crippen LogP contribution in [0.2, 0.25) is 5.02 Å². The molecule has 0 unspecified atom stereocenters. The van der Waals surface area contributed by atoms with Crippen LogP contribution in [0.3, 0.4) is 0 Å². The van der Waals surface area contributed by atoms with Gasteiger partial charge in [0.2, 0.25) is 5.91 Å². The largest absolute Gasteiger partial charge is 0.334 e. The third-order valence-corrected chi connectivity index (χ3v) is 4.46. The third-order valence-electron chi connectivity index (χ3n) is 4.13. The van der Waals surface area contributed by atoms with Crippen LogP contribution in [0.15, 0.2) is 47.1 Å². The van der Waals surface area contributed by atoms with E-state index in [2.05, 4.69) is 32.6 Å². The van der Waals surface area contributed by atoms with Gasteiger partial charge in [-0.05, 0) is 30.7 Å². The minimum Gasteiger partial charge on any atom is -0.334 e. The Kier molecular flexibility index (Phi) is 5.03. The summed E-state index contributed by atoms with van der Waals surface area (Å²) < 4.78 is 7.07. The first-order valence-electron chi connectivity index (χ1n) is 8.85. The maximum Gasteiger partial charge on any atom is 0.259 e. The highest BCUT2D eigenvalue weighted by molar-refractivity contribution is 6.33. The van der Waals surface area contributed by atoms with Gasteiger partial charge in [-0.25, -0.2) is 0 Å². The van der Waals surface area contributed by atoms with E-state index < -0.39 is 0 Å². The van der Waals surface area contributed by atoms with E-state index in [0.717, 1.165) is 18.4 Å². The molecular weight excluding hydrogens is 380 g/mol. The van der Waals surface area contributed by atoms with Gasteiger partial charge in [-0.2, -0.15) is 4.98 Å². The van der Waals surface area contributed by atoms with Crippen molar-refractivity contribution < 1.29 is 9.32 Å². The second-order valence-electron chi connectivity index (χ2n) is 6.23. The molecule has 0 saturated carbocycles. The lowest BCUT2D eigenvalue weighted by atomic mass is 10.2. The molecule has 1 amide bonds. The molecule has 0 bridgehead atoms. The molecule has 0 atom stereocenters. The van der Waals surface area contributed by atoms with E-state index in [-0.39, 0.29) is 12.3 Å². The number of rotatable bonds is 6. The van der Waals surface area contributed by atoms with Crippen LogP contribution >= 0.6 is 11.6 Å². The quantitative estimate of drug-likeness (QED) is 0.535. The first kappa shape index (κ1) is 18.1. The number of aromatic nitrogens is 5. The Morgan fingerprint density at radius 1 is 1.21 bits per heavy atom. The van der Waals surface area contributed by atoms with E-state index in [1.54, 1.807) is 40.9 Å². The van der Waals surface area contributed by atoms with Gasteiger partial charge in [-0.15, -0.1) is 10.2 Å². The number of amides is 1. The molecule has 9 heteroatoms. The first-order chi connectivity index (χ1) is 13.6. The fourth-order valence-electron chi connectivity index (χ4n) is 2.78. The van der Waals surface area contributed by atoms with Crippen molar-refractivity contribution in [2.75, 3.05) is 5.32 Å². The highest BCUT2D eigenvalue weighted by Gasteiger charge is 2.15. The maximum atomic E-state index is 12.4. The van der Waals surface area contributed by atoms with Crippen molar-refractivity contribution in [3.05, 3.63) is 59.3 Å². The smallest absolute Gasteiger partial charge is 0.259 e. The Morgan fingerprint density at radius 2 is 2.07 bits per heavy atom. The van der Waals surface area contributed by atoms with E-state index in [1.165, 1.54) is 0 Å². The van der Waals surface area contributed by atoms with Crippen molar-refractivity contribution in [1.82, 2.24) is 24.7 Å². The average Bonchev–Trinajstić information content (AvgIpc) is 3.31. The van der Waals surface area contributed by atoms with Gasteiger partial charge in [0.05, 0.1) is 22.7 Å². The molecule has 0 aliphatic heterocycles. The van der Waals surface area contributed by atoms with Crippen LogP contribution in [-0.4, -0.2) is 30.6 Å². The minimum atomic E-state index is -0.240. The number of aryl methyl sites for hydroxylation is 1. The number of benzene rings is 1. The third kappa shape index (κ3) is 3.72. The number of pyridine rings is 1. The second-order valence-corrected chi connectivity index (χ2v) is 6.64. The maximum absolute atomic E-state index is 12.4. The van der Waals surface area contributed by atoms with Gasteiger partial charge in [0.25, 0.3) is 5.89 Å². The zero-order valence-electron chi connectivity index (χ0n) is 15.1. The summed E-state index contributed by atoms with van der Waals surface area (Å²) in [7, 11) is 0. The Balaban J connectivity index is 1.57. The summed E-state index contributed by atoms with van der Waals surface area (Å²) in [5.74, 6) is 1.34. The number of carbonyl (C=O) groups is 1. The van der Waals surface area contributed by atoms with E-state index in [0.29, 0.717) is 33.9 Å². The lowest BCUT2D eigenvalue weighted by molar-refractivity contribution is -0.115. The van der Waals surface area contributed by atoms with Crippen LogP contribution in [0.5, 0.6) is 0 Å². The van der Waals surface area contributed by atoms with Crippen molar-refractivity contribution in [1.29, 1.82) is 0 Å². The zero-order chi connectivity index (χ0) is 19.5. The Bertz CT molecular complexity index is 1140. The predicted octanol–water partition coefficient (Wildman–Crippen LogP) is 3.57. The summed E-state index contributed by atoms with van der Waals surface area (Å²) in [6, 6.07) is 10.7. The summed E-state index contributed by atoms with van der Waals surface area (Å²) in [6.45, 7) is 2.05. The number of carbonyl (C=O) groups excluding carboxylic acids is 1. The number of anilines is 1. The van der Waals surface area contributed by atoms with E-state index >= 15 is 0 Å². The molecule has 0 aliphatic rings. The molecule has 8 nitrogen and oxygen atoms in total. The van der Waals surface area contributed by atoms with Gasteiger partial charge in [-0.1, -0.05) is 35.8 Å². The summed E-state index contributed by atoms with van der Waals surface area (Å²) in [5.41, 5.74) is 1.91. The van der Waals surface area contributed by atoms with Gasteiger partial charge >= 0.3 is 0 Å². The summed E-state index contributed by atoms with van der Waals surface area (Å²) in [6.07, 6.45) is 3.53. The lowest BCUT2D eigenvalue weighted by Crippen LogP contribution is -2.16. The van der Waals surface area contributed by atoms with E-state index in [9.17, 15) is 4.79 Å². The van der Waals surface area contributed by atoms with Crippen LogP contribution < -0.4 is 5.32 Å². The molecule has 0 saturated heterocycles. The molecule has 3 heterocycles. The van der Waals surface area contributed by atoms with Crippen molar-refractivity contribution in [3.8, 4) is 11.5 Å². The SMILES string of the molecule is CCCc1noc(-c2ccc3nnc(CC(=O)Nc4ccccc4Cl)n3c2)n1. The van der Waals surface area contributed by atoms with Gasteiger partial charge in [0, 0.05) is 12.6 Å². The van der Waals surface area contributed by atoms with Gasteiger partial charge in [0.1, 0.15) is 5.82 Å². The molecule has 4 aromatic rings. The second kappa shape index (κ2) is 7.77. The minimum absolute atomic E-state index is 0.0424. The van der Waals surface area contributed by atoms with Crippen molar-refractivity contribution in [3.63, 3.8) is 0 Å². The molecule has 0 fully saturated rings. The Labute approximate surface area is 165 Å². The number of hydrogen-bond acceptors (Lipinski definition) is 6. The number of hydrogen-bond donors (Lipinski definition) is 1. The fraction of sp³-hybridized carbons (Fsp3) is 0.211. The molecule has 4 rings (SSSR count). The molecule has 1 aromatic carbocycles. The van der Waals surface area contributed by atoms with Crippen molar-refractivity contribution >= 4 is 28.8 Å². The number of fused-ring (bicyclic) bond motifs is 1. The lowest BCUT2D eigenvalue weighted by Gasteiger charge is -2.06. The number of halogens is 1. The van der Waals surface area contributed by atoms with Crippen LogP contribution in [0.4, 0.5) is 5.69 Å². The van der Waals surface area contributed by atoms with Gasteiger partial charge in [-0.3, -0.25) is 9.20 Å². The molecule has 1 N–H and O–H groups in total. The monoisotopic (exact) mass is 396 g/mol. The zero-order valence-corrected chi connectivity index (χ0v) is 15.8. The van der Waals surface area contributed by atoms with E-state index in [4.69, 9.17) is 16.1 Å². The summed E-state index contributed by atoms with van der Waals surface area (Å²) in [5, 5.41) is 15.5. The molecular formula is C19H17ClN6O2. The van der Waals surface area contributed by atoms with Crippen molar-refractivity contribution in [2.45, 2.75) is 26.2 Å². The topological polar surface area (TPSA) is 98.2 Å². The van der Waals surface area contributed by atoms with Crippen molar-refractivity contribution in [2.24, 2.45) is 0 Å². The van der Waals surface area contributed by atoms with E-state index in [1.807, 2.05) is 6.07 Å². The first-order valence-corrected chi connectivity index (χ1v) is 9.23. The summed E-state index contributed by atoms with van der Waals surface area (Å²) in [4.78, 5) is 16.8. The summed E-state index contributed by atoms with van der Waals surface area (Å²) >= 11 is 6.09. The highest BCUT2D eigenvalue weighted by Crippen LogP contribution is 2.21. The highest BCUT2D eigenvalue weighted by atomic mass is 35.5. The number of para-hydroxylation sites is 1. The number of nitrogens with one attached hydrogen (secondary N) is 1. The van der Waals surface area contributed by atoms with Gasteiger partial charge < -0.3 is 9.84 Å².